The molecule has 94 valence electrons. The van der Waals surface area contributed by atoms with Crippen LogP contribution in [0.4, 0.5) is 0 Å². The maximum Gasteiger partial charge on any atom is 0.238 e. The van der Waals surface area contributed by atoms with Crippen molar-refractivity contribution in [2.45, 2.75) is 19.9 Å². The molecule has 0 bridgehead atoms. The van der Waals surface area contributed by atoms with Crippen LogP contribution in [-0.2, 0) is 17.8 Å². The summed E-state index contributed by atoms with van der Waals surface area (Å²) in [6, 6.07) is 7.91. The highest BCUT2D eigenvalue weighted by molar-refractivity contribution is 5.77. The van der Waals surface area contributed by atoms with E-state index in [1.165, 1.54) is 5.56 Å². The molecule has 1 amide bonds. The van der Waals surface area contributed by atoms with Crippen molar-refractivity contribution in [3.63, 3.8) is 0 Å². The molecule has 0 fully saturated rings. The summed E-state index contributed by atoms with van der Waals surface area (Å²) in [4.78, 5) is 15.3. The lowest BCUT2D eigenvalue weighted by Gasteiger charge is -2.06. The fraction of sp³-hybridized carbons (Fsp3) is 0.231. The number of amides is 1. The fourth-order valence-corrected chi connectivity index (χ4v) is 1.77. The summed E-state index contributed by atoms with van der Waals surface area (Å²) >= 11 is 0. The standard InChI is InChI=1S/C13H16N4O/c1-10-15-6-7-17(10)9-12-4-2-11(3-5-12)8-13(18)16-14/h2-7H,8-9,14H2,1H3,(H,16,18). The highest BCUT2D eigenvalue weighted by Crippen LogP contribution is 2.08. The van der Waals surface area contributed by atoms with E-state index in [1.54, 1.807) is 6.20 Å². The van der Waals surface area contributed by atoms with Gasteiger partial charge in [0.2, 0.25) is 5.91 Å². The first-order chi connectivity index (χ1) is 8.69. The topological polar surface area (TPSA) is 72.9 Å². The first-order valence-electron chi connectivity index (χ1n) is 5.74. The van der Waals surface area contributed by atoms with Crippen molar-refractivity contribution in [1.29, 1.82) is 0 Å². The zero-order valence-corrected chi connectivity index (χ0v) is 10.3. The summed E-state index contributed by atoms with van der Waals surface area (Å²) in [5.41, 5.74) is 4.24. The Hall–Kier alpha value is -2.14. The summed E-state index contributed by atoms with van der Waals surface area (Å²) in [7, 11) is 0. The average Bonchev–Trinajstić information content (AvgIpc) is 2.77. The molecule has 1 aromatic heterocycles. The summed E-state index contributed by atoms with van der Waals surface area (Å²) in [5.74, 6) is 5.85. The number of nitrogens with two attached hydrogens (primary N) is 1. The number of imidazole rings is 1. The molecular weight excluding hydrogens is 228 g/mol. The van der Waals surface area contributed by atoms with Gasteiger partial charge in [-0.2, -0.15) is 0 Å². The van der Waals surface area contributed by atoms with E-state index in [9.17, 15) is 4.79 Å². The van der Waals surface area contributed by atoms with E-state index < -0.39 is 0 Å². The average molecular weight is 244 g/mol. The molecule has 1 aromatic carbocycles. The lowest BCUT2D eigenvalue weighted by Crippen LogP contribution is -2.31. The van der Waals surface area contributed by atoms with Gasteiger partial charge in [0.05, 0.1) is 6.42 Å². The zero-order valence-electron chi connectivity index (χ0n) is 10.3. The van der Waals surface area contributed by atoms with Gasteiger partial charge in [0.15, 0.2) is 0 Å². The van der Waals surface area contributed by atoms with Crippen LogP contribution in [0.3, 0.4) is 0 Å². The molecule has 0 atom stereocenters. The minimum absolute atomic E-state index is 0.187. The number of nitrogens with zero attached hydrogens (tertiary/aromatic N) is 2. The minimum atomic E-state index is -0.187. The first-order valence-corrected chi connectivity index (χ1v) is 5.74. The van der Waals surface area contributed by atoms with Gasteiger partial charge in [0.25, 0.3) is 0 Å². The van der Waals surface area contributed by atoms with E-state index in [0.717, 1.165) is 17.9 Å². The first kappa shape index (κ1) is 12.3. The van der Waals surface area contributed by atoms with E-state index in [4.69, 9.17) is 5.84 Å². The largest absolute Gasteiger partial charge is 0.331 e. The van der Waals surface area contributed by atoms with Gasteiger partial charge in [-0.25, -0.2) is 10.8 Å². The third kappa shape index (κ3) is 2.95. The van der Waals surface area contributed by atoms with Crippen LogP contribution in [0.1, 0.15) is 17.0 Å². The Balaban J connectivity index is 2.04. The highest BCUT2D eigenvalue weighted by atomic mass is 16.2. The molecule has 0 aliphatic rings. The third-order valence-electron chi connectivity index (χ3n) is 2.83. The molecule has 3 N–H and O–H groups in total. The van der Waals surface area contributed by atoms with Crippen LogP contribution in [0.2, 0.25) is 0 Å². The maximum atomic E-state index is 11.1. The zero-order chi connectivity index (χ0) is 13.0. The summed E-state index contributed by atoms with van der Waals surface area (Å²) < 4.78 is 2.07. The van der Waals surface area contributed by atoms with Crippen LogP contribution in [0.25, 0.3) is 0 Å². The van der Waals surface area contributed by atoms with Crippen molar-refractivity contribution >= 4 is 5.91 Å². The molecule has 0 aliphatic carbocycles. The number of hydrogen-bond donors (Lipinski definition) is 2. The van der Waals surface area contributed by atoms with Crippen molar-refractivity contribution < 1.29 is 4.79 Å². The Morgan fingerprint density at radius 1 is 1.33 bits per heavy atom. The van der Waals surface area contributed by atoms with Crippen molar-refractivity contribution in [3.8, 4) is 0 Å². The molecule has 0 unspecified atom stereocenters. The number of aromatic nitrogens is 2. The van der Waals surface area contributed by atoms with Crippen LogP contribution in [0.5, 0.6) is 0 Å². The van der Waals surface area contributed by atoms with Gasteiger partial charge in [-0.15, -0.1) is 0 Å². The van der Waals surface area contributed by atoms with Crippen molar-refractivity contribution in [1.82, 2.24) is 15.0 Å². The molecule has 18 heavy (non-hydrogen) atoms. The van der Waals surface area contributed by atoms with Crippen LogP contribution in [0.15, 0.2) is 36.7 Å². The van der Waals surface area contributed by atoms with Crippen LogP contribution in [0, 0.1) is 6.92 Å². The van der Waals surface area contributed by atoms with Gasteiger partial charge in [-0.3, -0.25) is 10.2 Å². The van der Waals surface area contributed by atoms with Crippen molar-refractivity contribution in [3.05, 3.63) is 53.6 Å². The second-order valence-electron chi connectivity index (χ2n) is 4.16. The van der Waals surface area contributed by atoms with Gasteiger partial charge in [0, 0.05) is 18.9 Å². The number of nitrogens with one attached hydrogen (secondary N) is 1. The van der Waals surface area contributed by atoms with E-state index in [-0.39, 0.29) is 5.91 Å². The van der Waals surface area contributed by atoms with E-state index in [1.807, 2.05) is 37.4 Å². The molecule has 0 radical (unpaired) electrons. The molecule has 5 heteroatoms. The monoisotopic (exact) mass is 244 g/mol. The maximum absolute atomic E-state index is 11.1. The predicted octanol–water partition coefficient (Wildman–Crippen LogP) is 0.772. The lowest BCUT2D eigenvalue weighted by molar-refractivity contribution is -0.120. The number of aryl methyl sites for hydroxylation is 1. The third-order valence-corrected chi connectivity index (χ3v) is 2.83. The number of benzene rings is 1. The van der Waals surface area contributed by atoms with Gasteiger partial charge in [0.1, 0.15) is 5.82 Å². The minimum Gasteiger partial charge on any atom is -0.331 e. The molecule has 2 aromatic rings. The summed E-state index contributed by atoms with van der Waals surface area (Å²) in [6.07, 6.45) is 4.04. The molecule has 2 rings (SSSR count). The molecule has 0 saturated heterocycles. The number of hydrazine groups is 1. The Kier molecular flexibility index (Phi) is 3.74. The molecule has 1 heterocycles. The number of carbonyl (C=O) groups is 1. The second-order valence-corrected chi connectivity index (χ2v) is 4.16. The van der Waals surface area contributed by atoms with Crippen LogP contribution in [-0.4, -0.2) is 15.5 Å². The van der Waals surface area contributed by atoms with Gasteiger partial charge in [-0.1, -0.05) is 24.3 Å². The fourth-order valence-electron chi connectivity index (χ4n) is 1.77. The second kappa shape index (κ2) is 5.46. The SMILES string of the molecule is Cc1nccn1Cc1ccc(CC(=O)NN)cc1. The van der Waals surface area contributed by atoms with E-state index in [0.29, 0.717) is 6.42 Å². The van der Waals surface area contributed by atoms with Gasteiger partial charge < -0.3 is 4.57 Å². The van der Waals surface area contributed by atoms with Crippen molar-refractivity contribution in [2.75, 3.05) is 0 Å². The molecule has 5 nitrogen and oxygen atoms in total. The number of hydrogen-bond acceptors (Lipinski definition) is 3. The number of rotatable bonds is 4. The Morgan fingerprint density at radius 2 is 2.00 bits per heavy atom. The lowest BCUT2D eigenvalue weighted by atomic mass is 10.1. The number of carbonyl (C=O) groups excluding carboxylic acids is 1. The molecular formula is C13H16N4O. The van der Waals surface area contributed by atoms with Crippen molar-refractivity contribution in [2.24, 2.45) is 5.84 Å². The van der Waals surface area contributed by atoms with Crippen LogP contribution < -0.4 is 11.3 Å². The molecule has 0 spiro atoms. The Labute approximate surface area is 106 Å². The molecule has 0 saturated carbocycles. The van der Waals surface area contributed by atoms with Crippen LogP contribution >= 0.6 is 0 Å². The summed E-state index contributed by atoms with van der Waals surface area (Å²) in [6.45, 7) is 2.76. The van der Waals surface area contributed by atoms with E-state index >= 15 is 0 Å². The smallest absolute Gasteiger partial charge is 0.238 e. The highest BCUT2D eigenvalue weighted by Gasteiger charge is 2.02. The van der Waals surface area contributed by atoms with Gasteiger partial charge in [-0.05, 0) is 18.1 Å². The van der Waals surface area contributed by atoms with E-state index in [2.05, 4.69) is 15.0 Å². The quantitative estimate of drug-likeness (QED) is 0.474. The Morgan fingerprint density at radius 3 is 2.56 bits per heavy atom. The van der Waals surface area contributed by atoms with Gasteiger partial charge >= 0.3 is 0 Å². The predicted molar refractivity (Wildman–Crippen MR) is 68.5 cm³/mol. The Bertz CT molecular complexity index is 530. The molecule has 0 aliphatic heterocycles. The normalized spacial score (nSPS) is 10.3. The summed E-state index contributed by atoms with van der Waals surface area (Å²) in [5, 5.41) is 0.